The summed E-state index contributed by atoms with van der Waals surface area (Å²) in [5.41, 5.74) is 5.62. The number of hydrogen-bond acceptors (Lipinski definition) is 5. The van der Waals surface area contributed by atoms with Gasteiger partial charge in [0.25, 0.3) is 0 Å². The Hall–Kier alpha value is 0.0169. The largest absolute Gasteiger partial charge is 0.596 e. The van der Waals surface area contributed by atoms with Gasteiger partial charge in [-0.05, 0) is 6.42 Å². The van der Waals surface area contributed by atoms with Gasteiger partial charge >= 0.3 is 8.97 Å². The summed E-state index contributed by atoms with van der Waals surface area (Å²) in [5.74, 6) is 0. The molecule has 6 heteroatoms. The zero-order chi connectivity index (χ0) is 11.0. The molecule has 0 bridgehead atoms. The Kier molecular flexibility index (Phi) is 7.34. The standard InChI is InChI=1S/C8H22N2O3Si/c1-5-6-8(7-9)10-14(11-2,12-3)13-4/h8,10H,5-7,9H2,1-4H3. The predicted molar refractivity (Wildman–Crippen MR) is 57.7 cm³/mol. The van der Waals surface area contributed by atoms with Gasteiger partial charge in [0.1, 0.15) is 0 Å². The van der Waals surface area contributed by atoms with E-state index in [4.69, 9.17) is 19.0 Å². The monoisotopic (exact) mass is 222 g/mol. The van der Waals surface area contributed by atoms with Crippen molar-refractivity contribution < 1.29 is 13.3 Å². The lowest BCUT2D eigenvalue weighted by atomic mass is 10.2. The van der Waals surface area contributed by atoms with Gasteiger partial charge < -0.3 is 19.0 Å². The van der Waals surface area contributed by atoms with Crippen LogP contribution in [0.4, 0.5) is 0 Å². The van der Waals surface area contributed by atoms with Crippen LogP contribution in [0, 0.1) is 0 Å². The van der Waals surface area contributed by atoms with Crippen molar-refractivity contribution in [1.29, 1.82) is 0 Å². The number of rotatable bonds is 8. The van der Waals surface area contributed by atoms with Gasteiger partial charge in [-0.15, -0.1) is 0 Å². The molecule has 0 fully saturated rings. The van der Waals surface area contributed by atoms with Crippen molar-refractivity contribution in [2.24, 2.45) is 5.73 Å². The summed E-state index contributed by atoms with van der Waals surface area (Å²) in [5, 5.41) is 0. The summed E-state index contributed by atoms with van der Waals surface area (Å²) in [6.07, 6.45) is 2.05. The van der Waals surface area contributed by atoms with Gasteiger partial charge in [0, 0.05) is 33.9 Å². The zero-order valence-corrected chi connectivity index (χ0v) is 10.5. The molecule has 3 N–H and O–H groups in total. The van der Waals surface area contributed by atoms with Gasteiger partial charge in [-0.2, -0.15) is 0 Å². The molecule has 1 unspecified atom stereocenters. The summed E-state index contributed by atoms with van der Waals surface area (Å²) >= 11 is 0. The number of nitrogens with two attached hydrogens (primary N) is 1. The molecule has 0 radical (unpaired) electrons. The second-order valence-electron chi connectivity index (χ2n) is 3.03. The molecule has 14 heavy (non-hydrogen) atoms. The fourth-order valence-corrected chi connectivity index (χ4v) is 2.89. The second kappa shape index (κ2) is 7.33. The van der Waals surface area contributed by atoms with E-state index in [-0.39, 0.29) is 6.04 Å². The smallest absolute Gasteiger partial charge is 0.364 e. The Morgan fingerprint density at radius 1 is 1.21 bits per heavy atom. The molecule has 0 saturated carbocycles. The van der Waals surface area contributed by atoms with Crippen LogP contribution in [-0.4, -0.2) is 42.9 Å². The average Bonchev–Trinajstić information content (AvgIpc) is 2.25. The minimum absolute atomic E-state index is 0.187. The van der Waals surface area contributed by atoms with Crippen molar-refractivity contribution in [3.05, 3.63) is 0 Å². The Labute approximate surface area is 87.4 Å². The predicted octanol–water partition coefficient (Wildman–Crippen LogP) is 0.0782. The van der Waals surface area contributed by atoms with Crippen LogP contribution in [0.1, 0.15) is 19.8 Å². The molecule has 0 aliphatic carbocycles. The molecule has 1 atom stereocenters. The topological polar surface area (TPSA) is 65.7 Å². The maximum absolute atomic E-state index is 5.62. The van der Waals surface area contributed by atoms with E-state index in [2.05, 4.69) is 11.9 Å². The summed E-state index contributed by atoms with van der Waals surface area (Å²) in [4.78, 5) is 3.21. The number of nitrogens with one attached hydrogen (secondary N) is 1. The van der Waals surface area contributed by atoms with Crippen LogP contribution in [0.3, 0.4) is 0 Å². The lowest BCUT2D eigenvalue weighted by Crippen LogP contribution is -2.62. The molecule has 0 aromatic heterocycles. The van der Waals surface area contributed by atoms with Crippen molar-refractivity contribution >= 4 is 8.97 Å². The van der Waals surface area contributed by atoms with Crippen molar-refractivity contribution in [1.82, 2.24) is 4.98 Å². The molecule has 5 nitrogen and oxygen atoms in total. The molecule has 0 rings (SSSR count). The first-order valence-electron chi connectivity index (χ1n) is 4.81. The van der Waals surface area contributed by atoms with Crippen LogP contribution in [0.2, 0.25) is 0 Å². The quantitative estimate of drug-likeness (QED) is 0.569. The summed E-state index contributed by atoms with van der Waals surface area (Å²) in [6, 6.07) is 0.187. The van der Waals surface area contributed by atoms with Crippen molar-refractivity contribution in [2.75, 3.05) is 27.9 Å². The molecule has 0 aromatic carbocycles. The lowest BCUT2D eigenvalue weighted by molar-refractivity contribution is 0.105. The highest BCUT2D eigenvalue weighted by molar-refractivity contribution is 6.57. The fraction of sp³-hybridized carbons (Fsp3) is 1.00. The normalized spacial score (nSPS) is 14.4. The third-order valence-electron chi connectivity index (χ3n) is 2.11. The van der Waals surface area contributed by atoms with E-state index < -0.39 is 8.97 Å². The molecule has 0 aliphatic rings. The third kappa shape index (κ3) is 4.03. The Morgan fingerprint density at radius 2 is 1.71 bits per heavy atom. The fourth-order valence-electron chi connectivity index (χ4n) is 1.27. The minimum atomic E-state index is -2.67. The first-order valence-corrected chi connectivity index (χ1v) is 6.53. The Bertz CT molecular complexity index is 136. The van der Waals surface area contributed by atoms with Crippen molar-refractivity contribution in [3.8, 4) is 0 Å². The van der Waals surface area contributed by atoms with Gasteiger partial charge in [-0.1, -0.05) is 13.3 Å². The van der Waals surface area contributed by atoms with Gasteiger partial charge in [0.2, 0.25) is 0 Å². The van der Waals surface area contributed by atoms with E-state index in [9.17, 15) is 0 Å². The molecule has 86 valence electrons. The van der Waals surface area contributed by atoms with E-state index in [1.54, 1.807) is 21.3 Å². The van der Waals surface area contributed by atoms with E-state index in [1.165, 1.54) is 0 Å². The summed E-state index contributed by atoms with van der Waals surface area (Å²) in [7, 11) is 2.06. The van der Waals surface area contributed by atoms with Crippen LogP contribution >= 0.6 is 0 Å². The molecule has 0 aliphatic heterocycles. The molecule has 0 saturated heterocycles. The SMILES string of the molecule is CCCC(CN)N[Si](OC)(OC)OC. The molecule has 0 heterocycles. The highest BCUT2D eigenvalue weighted by atomic mass is 28.4. The molecule has 0 amide bonds. The van der Waals surface area contributed by atoms with Crippen LogP contribution < -0.4 is 10.7 Å². The number of hydrogen-bond donors (Lipinski definition) is 2. The molecule has 0 spiro atoms. The van der Waals surface area contributed by atoms with Crippen LogP contribution in [0.25, 0.3) is 0 Å². The summed E-state index contributed by atoms with van der Waals surface area (Å²) < 4.78 is 15.7. The third-order valence-corrected chi connectivity index (χ3v) is 4.48. The van der Waals surface area contributed by atoms with Gasteiger partial charge in [0.15, 0.2) is 0 Å². The van der Waals surface area contributed by atoms with E-state index in [0.29, 0.717) is 6.54 Å². The second-order valence-corrected chi connectivity index (χ2v) is 5.66. The van der Waals surface area contributed by atoms with Gasteiger partial charge in [-0.25, -0.2) is 0 Å². The van der Waals surface area contributed by atoms with Crippen molar-refractivity contribution in [3.63, 3.8) is 0 Å². The molecular formula is C8H22N2O3Si. The van der Waals surface area contributed by atoms with E-state index >= 15 is 0 Å². The Morgan fingerprint density at radius 3 is 2.00 bits per heavy atom. The highest BCUT2D eigenvalue weighted by Gasteiger charge is 2.40. The van der Waals surface area contributed by atoms with Crippen LogP contribution in [-0.2, 0) is 13.3 Å². The average molecular weight is 222 g/mol. The van der Waals surface area contributed by atoms with Crippen molar-refractivity contribution in [2.45, 2.75) is 25.8 Å². The summed E-state index contributed by atoms with van der Waals surface area (Å²) in [6.45, 7) is 2.67. The van der Waals surface area contributed by atoms with E-state index in [1.807, 2.05) is 0 Å². The first-order chi connectivity index (χ1) is 6.67. The van der Waals surface area contributed by atoms with Crippen LogP contribution in [0.15, 0.2) is 0 Å². The molecule has 0 aromatic rings. The first kappa shape index (κ1) is 14.0. The maximum atomic E-state index is 5.62. The van der Waals surface area contributed by atoms with Crippen LogP contribution in [0.5, 0.6) is 0 Å². The molecular weight excluding hydrogens is 200 g/mol. The minimum Gasteiger partial charge on any atom is -0.364 e. The van der Waals surface area contributed by atoms with Gasteiger partial charge in [0.05, 0.1) is 0 Å². The van der Waals surface area contributed by atoms with Gasteiger partial charge in [-0.3, -0.25) is 4.98 Å². The highest BCUT2D eigenvalue weighted by Crippen LogP contribution is 2.05. The zero-order valence-electron chi connectivity index (χ0n) is 9.50. The van der Waals surface area contributed by atoms with E-state index in [0.717, 1.165) is 12.8 Å². The Balaban J connectivity index is 4.24. The lowest BCUT2D eigenvalue weighted by Gasteiger charge is -2.28. The maximum Gasteiger partial charge on any atom is 0.596 e.